The average molecular weight is 279 g/mol. The summed E-state index contributed by atoms with van der Waals surface area (Å²) < 4.78 is 16.1. The zero-order valence-corrected chi connectivity index (χ0v) is 12.6. The third kappa shape index (κ3) is 4.39. The number of rotatable bonds is 8. The van der Waals surface area contributed by atoms with Crippen molar-refractivity contribution in [3.63, 3.8) is 0 Å². The summed E-state index contributed by atoms with van der Waals surface area (Å²) in [5.74, 6) is 1.72. The van der Waals surface area contributed by atoms with Crippen LogP contribution in [0.2, 0.25) is 0 Å². The number of ether oxygens (including phenoxy) is 3. The summed E-state index contributed by atoms with van der Waals surface area (Å²) in [7, 11) is 0. The number of fused-ring (bicyclic) bond motifs is 1. The Bertz CT molecular complexity index is 422. The molecule has 2 atom stereocenters. The zero-order valence-electron chi connectivity index (χ0n) is 12.6. The van der Waals surface area contributed by atoms with Crippen LogP contribution in [0.25, 0.3) is 0 Å². The van der Waals surface area contributed by atoms with Gasteiger partial charge in [-0.25, -0.2) is 0 Å². The molecular weight excluding hydrogens is 254 g/mol. The van der Waals surface area contributed by atoms with Crippen molar-refractivity contribution < 1.29 is 14.2 Å². The Hall–Kier alpha value is -1.26. The lowest BCUT2D eigenvalue weighted by molar-refractivity contribution is 0.124. The predicted octanol–water partition coefficient (Wildman–Crippen LogP) is 2.75. The summed E-state index contributed by atoms with van der Waals surface area (Å²) in [5, 5.41) is 3.56. The van der Waals surface area contributed by atoms with E-state index in [2.05, 4.69) is 31.3 Å². The Kier molecular flexibility index (Phi) is 5.68. The SMILES string of the molecule is CCOCC(C)NC(C)CCc1ccc2c(c1)OCO2. The molecular formula is C16H25NO3. The summed E-state index contributed by atoms with van der Waals surface area (Å²) in [6, 6.07) is 7.05. The average Bonchev–Trinajstić information content (AvgIpc) is 2.90. The van der Waals surface area contributed by atoms with E-state index in [1.54, 1.807) is 0 Å². The van der Waals surface area contributed by atoms with Crippen molar-refractivity contribution in [2.24, 2.45) is 0 Å². The van der Waals surface area contributed by atoms with Crippen molar-refractivity contribution in [3.05, 3.63) is 23.8 Å². The molecule has 1 N–H and O–H groups in total. The number of aryl methyl sites for hydroxylation is 1. The van der Waals surface area contributed by atoms with Crippen LogP contribution in [0, 0.1) is 0 Å². The van der Waals surface area contributed by atoms with Crippen LogP contribution in [-0.2, 0) is 11.2 Å². The highest BCUT2D eigenvalue weighted by Gasteiger charge is 2.14. The molecule has 0 aromatic heterocycles. The molecule has 0 spiro atoms. The van der Waals surface area contributed by atoms with Crippen LogP contribution < -0.4 is 14.8 Å². The third-order valence-corrected chi connectivity index (χ3v) is 3.44. The minimum absolute atomic E-state index is 0.339. The molecule has 1 heterocycles. The van der Waals surface area contributed by atoms with Gasteiger partial charge in [-0.2, -0.15) is 0 Å². The highest BCUT2D eigenvalue weighted by Crippen LogP contribution is 2.32. The van der Waals surface area contributed by atoms with Crippen molar-refractivity contribution in [2.45, 2.75) is 45.7 Å². The van der Waals surface area contributed by atoms with E-state index < -0.39 is 0 Å². The van der Waals surface area contributed by atoms with Gasteiger partial charge in [0.1, 0.15) is 0 Å². The van der Waals surface area contributed by atoms with Crippen molar-refractivity contribution in [1.29, 1.82) is 0 Å². The molecule has 0 radical (unpaired) electrons. The Labute approximate surface area is 121 Å². The number of nitrogens with one attached hydrogen (secondary N) is 1. The molecule has 1 aromatic carbocycles. The quantitative estimate of drug-likeness (QED) is 0.794. The number of benzene rings is 1. The molecule has 2 unspecified atom stereocenters. The highest BCUT2D eigenvalue weighted by molar-refractivity contribution is 5.44. The van der Waals surface area contributed by atoms with E-state index in [1.165, 1.54) is 5.56 Å². The smallest absolute Gasteiger partial charge is 0.231 e. The van der Waals surface area contributed by atoms with Crippen LogP contribution in [0.5, 0.6) is 11.5 Å². The second kappa shape index (κ2) is 7.50. The first-order valence-corrected chi connectivity index (χ1v) is 7.41. The molecule has 0 bridgehead atoms. The Morgan fingerprint density at radius 1 is 1.20 bits per heavy atom. The molecule has 1 aromatic rings. The lowest BCUT2D eigenvalue weighted by Crippen LogP contribution is -2.37. The summed E-state index contributed by atoms with van der Waals surface area (Å²) in [5.41, 5.74) is 1.29. The second-order valence-electron chi connectivity index (χ2n) is 5.35. The van der Waals surface area contributed by atoms with E-state index in [0.717, 1.165) is 37.6 Å². The number of hydrogen-bond acceptors (Lipinski definition) is 4. The molecule has 1 aliphatic heterocycles. The third-order valence-electron chi connectivity index (χ3n) is 3.44. The summed E-state index contributed by atoms with van der Waals surface area (Å²) in [4.78, 5) is 0. The van der Waals surface area contributed by atoms with Gasteiger partial charge in [-0.3, -0.25) is 0 Å². The van der Waals surface area contributed by atoms with Crippen LogP contribution >= 0.6 is 0 Å². The highest BCUT2D eigenvalue weighted by atomic mass is 16.7. The molecule has 0 fully saturated rings. The van der Waals surface area contributed by atoms with Gasteiger partial charge >= 0.3 is 0 Å². The van der Waals surface area contributed by atoms with Crippen molar-refractivity contribution >= 4 is 0 Å². The van der Waals surface area contributed by atoms with Gasteiger partial charge in [-0.15, -0.1) is 0 Å². The van der Waals surface area contributed by atoms with E-state index in [-0.39, 0.29) is 0 Å². The Balaban J connectivity index is 1.74. The summed E-state index contributed by atoms with van der Waals surface area (Å²) >= 11 is 0. The fraction of sp³-hybridized carbons (Fsp3) is 0.625. The van der Waals surface area contributed by atoms with Crippen LogP contribution in [0.1, 0.15) is 32.8 Å². The molecule has 20 heavy (non-hydrogen) atoms. The predicted molar refractivity (Wildman–Crippen MR) is 79.4 cm³/mol. The topological polar surface area (TPSA) is 39.7 Å². The molecule has 2 rings (SSSR count). The van der Waals surface area contributed by atoms with Gasteiger partial charge < -0.3 is 19.5 Å². The van der Waals surface area contributed by atoms with Crippen molar-refractivity contribution in [3.8, 4) is 11.5 Å². The van der Waals surface area contributed by atoms with E-state index in [9.17, 15) is 0 Å². The first-order valence-electron chi connectivity index (χ1n) is 7.41. The minimum atomic E-state index is 0.339. The second-order valence-corrected chi connectivity index (χ2v) is 5.35. The lowest BCUT2D eigenvalue weighted by atomic mass is 10.1. The summed E-state index contributed by atoms with van der Waals surface area (Å²) in [6.45, 7) is 8.28. The van der Waals surface area contributed by atoms with Gasteiger partial charge in [0, 0.05) is 18.7 Å². The van der Waals surface area contributed by atoms with Crippen LogP contribution in [0.15, 0.2) is 18.2 Å². The monoisotopic (exact) mass is 279 g/mol. The van der Waals surface area contributed by atoms with Gasteiger partial charge in [0.25, 0.3) is 0 Å². The maximum Gasteiger partial charge on any atom is 0.231 e. The van der Waals surface area contributed by atoms with E-state index in [1.807, 2.05) is 13.0 Å². The minimum Gasteiger partial charge on any atom is -0.454 e. The first-order chi connectivity index (χ1) is 9.69. The normalized spacial score (nSPS) is 16.1. The van der Waals surface area contributed by atoms with Gasteiger partial charge in [-0.05, 0) is 51.3 Å². The fourth-order valence-electron chi connectivity index (χ4n) is 2.39. The van der Waals surface area contributed by atoms with Gasteiger partial charge in [-0.1, -0.05) is 6.07 Å². The molecule has 0 saturated carbocycles. The summed E-state index contributed by atoms with van der Waals surface area (Å²) in [6.07, 6.45) is 2.13. The van der Waals surface area contributed by atoms with Crippen LogP contribution in [-0.4, -0.2) is 32.1 Å². The molecule has 1 aliphatic rings. The molecule has 4 heteroatoms. The largest absolute Gasteiger partial charge is 0.454 e. The molecule has 0 aliphatic carbocycles. The van der Waals surface area contributed by atoms with Crippen molar-refractivity contribution in [2.75, 3.05) is 20.0 Å². The van der Waals surface area contributed by atoms with Crippen LogP contribution in [0.4, 0.5) is 0 Å². The van der Waals surface area contributed by atoms with Gasteiger partial charge in [0.05, 0.1) is 6.61 Å². The van der Waals surface area contributed by atoms with Gasteiger partial charge in [0.2, 0.25) is 6.79 Å². The molecule has 4 nitrogen and oxygen atoms in total. The zero-order chi connectivity index (χ0) is 14.4. The van der Waals surface area contributed by atoms with Gasteiger partial charge in [0.15, 0.2) is 11.5 Å². The van der Waals surface area contributed by atoms with Crippen LogP contribution in [0.3, 0.4) is 0 Å². The Morgan fingerprint density at radius 3 is 2.80 bits per heavy atom. The fourth-order valence-corrected chi connectivity index (χ4v) is 2.39. The lowest BCUT2D eigenvalue weighted by Gasteiger charge is -2.19. The number of hydrogen-bond donors (Lipinski definition) is 1. The maximum absolute atomic E-state index is 5.42. The molecule has 0 amide bonds. The first kappa shape index (κ1) is 15.1. The molecule has 0 saturated heterocycles. The molecule has 112 valence electrons. The maximum atomic E-state index is 5.42. The Morgan fingerprint density at radius 2 is 2.00 bits per heavy atom. The van der Waals surface area contributed by atoms with E-state index in [0.29, 0.717) is 18.9 Å². The standard InChI is InChI=1S/C16H25NO3/c1-4-18-10-13(3)17-12(2)5-6-14-7-8-15-16(9-14)20-11-19-15/h7-9,12-13,17H,4-6,10-11H2,1-3H3. The van der Waals surface area contributed by atoms with Crippen molar-refractivity contribution in [1.82, 2.24) is 5.32 Å². The van der Waals surface area contributed by atoms with E-state index >= 15 is 0 Å². The van der Waals surface area contributed by atoms with E-state index in [4.69, 9.17) is 14.2 Å².